The zero-order valence-corrected chi connectivity index (χ0v) is 14.0. The summed E-state index contributed by atoms with van der Waals surface area (Å²) in [6.45, 7) is 3.22. The fraction of sp³-hybridized carbons (Fsp3) is 0.316. The number of nitrogens with zero attached hydrogens (tertiary/aromatic N) is 1. The van der Waals surface area contributed by atoms with Gasteiger partial charge in [-0.25, -0.2) is 0 Å². The fourth-order valence-corrected chi connectivity index (χ4v) is 2.35. The Morgan fingerprint density at radius 2 is 1.83 bits per heavy atom. The van der Waals surface area contributed by atoms with Gasteiger partial charge < -0.3 is 15.0 Å². The van der Waals surface area contributed by atoms with Crippen molar-refractivity contribution in [1.82, 2.24) is 0 Å². The van der Waals surface area contributed by atoms with Crippen molar-refractivity contribution >= 4 is 17.3 Å². The van der Waals surface area contributed by atoms with Crippen molar-refractivity contribution in [3.8, 4) is 5.75 Å². The van der Waals surface area contributed by atoms with Crippen LogP contribution in [0.5, 0.6) is 5.75 Å². The summed E-state index contributed by atoms with van der Waals surface area (Å²) in [4.78, 5) is 14.6. The molecule has 0 saturated heterocycles. The largest absolute Gasteiger partial charge is 0.496 e. The van der Waals surface area contributed by atoms with Crippen LogP contribution in [0.15, 0.2) is 48.5 Å². The van der Waals surface area contributed by atoms with Crippen LogP contribution in [0.3, 0.4) is 0 Å². The van der Waals surface area contributed by atoms with Crippen molar-refractivity contribution in [2.45, 2.75) is 19.8 Å². The summed E-state index contributed by atoms with van der Waals surface area (Å²) < 4.78 is 5.22. The molecule has 0 aliphatic carbocycles. The number of anilines is 2. The summed E-state index contributed by atoms with van der Waals surface area (Å²) in [6, 6.07) is 15.1. The molecule has 2 aromatic rings. The van der Waals surface area contributed by atoms with E-state index >= 15 is 0 Å². The molecular formula is C19H24N2O2. The first-order valence-electron chi connectivity index (χ1n) is 7.91. The van der Waals surface area contributed by atoms with Gasteiger partial charge in [-0.1, -0.05) is 25.5 Å². The molecule has 122 valence electrons. The highest BCUT2D eigenvalue weighted by Crippen LogP contribution is 2.21. The molecule has 4 heteroatoms. The average Bonchev–Trinajstić information content (AvgIpc) is 2.60. The molecule has 0 fully saturated rings. The summed E-state index contributed by atoms with van der Waals surface area (Å²) in [7, 11) is 3.64. The molecule has 0 aliphatic heterocycles. The Labute approximate surface area is 138 Å². The SMILES string of the molecule is CCCCN(C)c1ccc(NC(=O)c2ccccc2OC)cc1. The van der Waals surface area contributed by atoms with Gasteiger partial charge in [-0.3, -0.25) is 4.79 Å². The summed E-state index contributed by atoms with van der Waals surface area (Å²) >= 11 is 0. The number of ether oxygens (including phenoxy) is 1. The lowest BCUT2D eigenvalue weighted by Gasteiger charge is -2.19. The number of para-hydroxylation sites is 1. The van der Waals surface area contributed by atoms with Crippen LogP contribution in [0.1, 0.15) is 30.1 Å². The Balaban J connectivity index is 2.04. The number of benzene rings is 2. The van der Waals surface area contributed by atoms with Gasteiger partial charge >= 0.3 is 0 Å². The third-order valence-electron chi connectivity index (χ3n) is 3.76. The van der Waals surface area contributed by atoms with Crippen LogP contribution in [-0.4, -0.2) is 26.6 Å². The second-order valence-corrected chi connectivity index (χ2v) is 5.48. The number of carbonyl (C=O) groups is 1. The molecule has 0 saturated carbocycles. The number of carbonyl (C=O) groups excluding carboxylic acids is 1. The summed E-state index contributed by atoms with van der Waals surface area (Å²) in [5, 5.41) is 2.90. The Morgan fingerprint density at radius 1 is 1.13 bits per heavy atom. The lowest BCUT2D eigenvalue weighted by atomic mass is 10.1. The van der Waals surface area contributed by atoms with Crippen LogP contribution < -0.4 is 15.0 Å². The third-order valence-corrected chi connectivity index (χ3v) is 3.76. The second-order valence-electron chi connectivity index (χ2n) is 5.48. The topological polar surface area (TPSA) is 41.6 Å². The van der Waals surface area contributed by atoms with Crippen molar-refractivity contribution in [2.75, 3.05) is 30.9 Å². The van der Waals surface area contributed by atoms with E-state index in [1.807, 2.05) is 36.4 Å². The van der Waals surface area contributed by atoms with Gasteiger partial charge in [0.05, 0.1) is 12.7 Å². The highest BCUT2D eigenvalue weighted by Gasteiger charge is 2.11. The normalized spacial score (nSPS) is 10.2. The molecule has 0 radical (unpaired) electrons. The van der Waals surface area contributed by atoms with E-state index in [-0.39, 0.29) is 5.91 Å². The number of hydrogen-bond acceptors (Lipinski definition) is 3. The first kappa shape index (κ1) is 16.9. The summed E-state index contributed by atoms with van der Waals surface area (Å²) in [5.41, 5.74) is 2.45. The smallest absolute Gasteiger partial charge is 0.259 e. The van der Waals surface area contributed by atoms with Gasteiger partial charge in [0.15, 0.2) is 0 Å². The zero-order chi connectivity index (χ0) is 16.7. The molecule has 1 amide bonds. The Kier molecular flexibility index (Phi) is 6.03. The predicted molar refractivity (Wildman–Crippen MR) is 95.6 cm³/mol. The van der Waals surface area contributed by atoms with E-state index in [9.17, 15) is 4.79 Å². The monoisotopic (exact) mass is 312 g/mol. The first-order valence-corrected chi connectivity index (χ1v) is 7.91. The average molecular weight is 312 g/mol. The molecule has 2 rings (SSSR count). The van der Waals surface area contributed by atoms with Crippen molar-refractivity contribution in [3.05, 3.63) is 54.1 Å². The summed E-state index contributed by atoms with van der Waals surface area (Å²) in [6.07, 6.45) is 2.35. The Hall–Kier alpha value is -2.49. The van der Waals surface area contributed by atoms with Gasteiger partial charge in [0, 0.05) is 25.0 Å². The van der Waals surface area contributed by atoms with Crippen molar-refractivity contribution in [2.24, 2.45) is 0 Å². The zero-order valence-electron chi connectivity index (χ0n) is 14.0. The molecule has 1 N–H and O–H groups in total. The molecule has 23 heavy (non-hydrogen) atoms. The molecule has 2 aromatic carbocycles. The van der Waals surface area contributed by atoms with E-state index in [2.05, 4.69) is 24.2 Å². The highest BCUT2D eigenvalue weighted by molar-refractivity contribution is 6.06. The summed E-state index contributed by atoms with van der Waals surface area (Å²) in [5.74, 6) is 0.399. The third kappa shape index (κ3) is 4.49. The predicted octanol–water partition coefficient (Wildman–Crippen LogP) is 4.18. The van der Waals surface area contributed by atoms with Gasteiger partial charge in [-0.05, 0) is 42.8 Å². The van der Waals surface area contributed by atoms with Crippen LogP contribution in [0, 0.1) is 0 Å². The van der Waals surface area contributed by atoms with Gasteiger partial charge in [0.1, 0.15) is 5.75 Å². The lowest BCUT2D eigenvalue weighted by molar-refractivity contribution is 0.102. The van der Waals surface area contributed by atoms with E-state index in [0.29, 0.717) is 11.3 Å². The molecule has 0 atom stereocenters. The number of hydrogen-bond donors (Lipinski definition) is 1. The fourth-order valence-electron chi connectivity index (χ4n) is 2.35. The highest BCUT2D eigenvalue weighted by atomic mass is 16.5. The van der Waals surface area contributed by atoms with Crippen LogP contribution in [-0.2, 0) is 0 Å². The Bertz CT molecular complexity index is 638. The molecule has 0 bridgehead atoms. The number of unbranched alkanes of at least 4 members (excludes halogenated alkanes) is 1. The number of rotatable bonds is 7. The molecule has 4 nitrogen and oxygen atoms in total. The minimum Gasteiger partial charge on any atom is -0.496 e. The minimum atomic E-state index is -0.172. The van der Waals surface area contributed by atoms with Crippen LogP contribution >= 0.6 is 0 Å². The van der Waals surface area contributed by atoms with E-state index < -0.39 is 0 Å². The van der Waals surface area contributed by atoms with Crippen LogP contribution in [0.25, 0.3) is 0 Å². The van der Waals surface area contributed by atoms with Crippen LogP contribution in [0.4, 0.5) is 11.4 Å². The number of amides is 1. The standard InChI is InChI=1S/C19H24N2O2/c1-4-5-14-21(2)16-12-10-15(11-13-16)20-19(22)17-8-6-7-9-18(17)23-3/h6-13H,4-5,14H2,1-3H3,(H,20,22). The van der Waals surface area contributed by atoms with E-state index in [1.54, 1.807) is 19.2 Å². The quantitative estimate of drug-likeness (QED) is 0.833. The molecule has 0 aliphatic rings. The molecule has 0 spiro atoms. The second kappa shape index (κ2) is 8.22. The first-order chi connectivity index (χ1) is 11.2. The Morgan fingerprint density at radius 3 is 2.48 bits per heavy atom. The van der Waals surface area contributed by atoms with Crippen molar-refractivity contribution in [3.63, 3.8) is 0 Å². The number of methoxy groups -OCH3 is 1. The minimum absolute atomic E-state index is 0.172. The molecule has 0 heterocycles. The van der Waals surface area contributed by atoms with Gasteiger partial charge in [0.2, 0.25) is 0 Å². The molecule has 0 aromatic heterocycles. The van der Waals surface area contributed by atoms with E-state index in [4.69, 9.17) is 4.74 Å². The van der Waals surface area contributed by atoms with Gasteiger partial charge in [-0.15, -0.1) is 0 Å². The molecular weight excluding hydrogens is 288 g/mol. The lowest BCUT2D eigenvalue weighted by Crippen LogP contribution is -2.18. The van der Waals surface area contributed by atoms with Crippen molar-refractivity contribution < 1.29 is 9.53 Å². The maximum atomic E-state index is 12.4. The maximum Gasteiger partial charge on any atom is 0.259 e. The van der Waals surface area contributed by atoms with Crippen LogP contribution in [0.2, 0.25) is 0 Å². The van der Waals surface area contributed by atoms with Gasteiger partial charge in [0.25, 0.3) is 5.91 Å². The molecule has 0 unspecified atom stereocenters. The van der Waals surface area contributed by atoms with Crippen molar-refractivity contribution in [1.29, 1.82) is 0 Å². The van der Waals surface area contributed by atoms with E-state index in [0.717, 1.165) is 17.9 Å². The van der Waals surface area contributed by atoms with Gasteiger partial charge in [-0.2, -0.15) is 0 Å². The van der Waals surface area contributed by atoms with E-state index in [1.165, 1.54) is 12.8 Å². The maximum absolute atomic E-state index is 12.4. The number of nitrogens with one attached hydrogen (secondary N) is 1.